The van der Waals surface area contributed by atoms with Gasteiger partial charge in [-0.1, -0.05) is 257 Å². The molecule has 398 valence electrons. The van der Waals surface area contributed by atoms with Gasteiger partial charge in [-0.3, -0.25) is 9.59 Å². The van der Waals surface area contributed by atoms with Crippen molar-refractivity contribution in [2.45, 2.75) is 264 Å². The Morgan fingerprint density at radius 1 is 0.343 bits per heavy atom. The fraction of sp³-hybridized carbons (Fsp3) is 0.662. The molecule has 0 aromatic carbocycles. The summed E-state index contributed by atoms with van der Waals surface area (Å²) in [4.78, 5) is 24.5. The van der Waals surface area contributed by atoms with E-state index in [0.717, 1.165) is 103 Å². The molecule has 0 bridgehead atoms. The van der Waals surface area contributed by atoms with Crippen LogP contribution in [0.3, 0.4) is 0 Å². The van der Waals surface area contributed by atoms with Gasteiger partial charge in [0.25, 0.3) is 0 Å². The fourth-order valence-corrected chi connectivity index (χ4v) is 7.90. The largest absolute Gasteiger partial charge is 0.462 e. The average molecular weight is 970 g/mol. The van der Waals surface area contributed by atoms with Gasteiger partial charge in [-0.25, -0.2) is 0 Å². The highest BCUT2D eigenvalue weighted by atomic mass is 16.6. The van der Waals surface area contributed by atoms with E-state index in [1.807, 2.05) is 0 Å². The van der Waals surface area contributed by atoms with Crippen molar-refractivity contribution in [3.8, 4) is 0 Å². The van der Waals surface area contributed by atoms with Crippen LogP contribution in [0.2, 0.25) is 0 Å². The van der Waals surface area contributed by atoms with Crippen molar-refractivity contribution < 1.29 is 24.2 Å². The molecule has 0 aliphatic carbocycles. The van der Waals surface area contributed by atoms with Crippen LogP contribution in [-0.4, -0.2) is 36.4 Å². The van der Waals surface area contributed by atoms with E-state index in [-0.39, 0.29) is 25.2 Å². The molecule has 0 aromatic rings. The van der Waals surface area contributed by atoms with Gasteiger partial charge in [0.2, 0.25) is 0 Å². The molecular formula is C65H108O5. The summed E-state index contributed by atoms with van der Waals surface area (Å²) in [5, 5.41) is 9.63. The minimum Gasteiger partial charge on any atom is -0.462 e. The zero-order chi connectivity index (χ0) is 50.6. The van der Waals surface area contributed by atoms with Crippen molar-refractivity contribution in [3.05, 3.63) is 122 Å². The van der Waals surface area contributed by atoms with E-state index in [1.165, 1.54) is 128 Å². The van der Waals surface area contributed by atoms with Gasteiger partial charge in [0.1, 0.15) is 6.61 Å². The predicted molar refractivity (Wildman–Crippen MR) is 306 cm³/mol. The van der Waals surface area contributed by atoms with Gasteiger partial charge in [0.05, 0.1) is 6.61 Å². The number of rotatable bonds is 52. The Hall–Kier alpha value is -3.70. The number of hydrogen-bond acceptors (Lipinski definition) is 5. The number of allylic oxidation sites excluding steroid dienone is 20. The molecule has 1 atom stereocenters. The Morgan fingerprint density at radius 2 is 0.614 bits per heavy atom. The lowest BCUT2D eigenvalue weighted by molar-refractivity contribution is -0.161. The van der Waals surface area contributed by atoms with Crippen LogP contribution in [0.5, 0.6) is 0 Å². The van der Waals surface area contributed by atoms with Crippen molar-refractivity contribution in [3.63, 3.8) is 0 Å². The summed E-state index contributed by atoms with van der Waals surface area (Å²) in [7, 11) is 0. The summed E-state index contributed by atoms with van der Waals surface area (Å²) < 4.78 is 10.7. The highest BCUT2D eigenvalue weighted by Crippen LogP contribution is 2.15. The van der Waals surface area contributed by atoms with Gasteiger partial charge >= 0.3 is 11.9 Å². The molecule has 0 heterocycles. The fourth-order valence-electron chi connectivity index (χ4n) is 7.90. The van der Waals surface area contributed by atoms with E-state index in [1.54, 1.807) is 0 Å². The summed E-state index contributed by atoms with van der Waals surface area (Å²) in [6.07, 6.45) is 87.5. The van der Waals surface area contributed by atoms with Gasteiger partial charge in [-0.05, 0) is 109 Å². The molecule has 5 heteroatoms. The molecule has 0 saturated heterocycles. The van der Waals surface area contributed by atoms with E-state index < -0.39 is 6.10 Å². The molecule has 0 amide bonds. The Labute approximate surface area is 433 Å². The van der Waals surface area contributed by atoms with Crippen molar-refractivity contribution >= 4 is 11.9 Å². The Balaban J connectivity index is 3.51. The average Bonchev–Trinajstić information content (AvgIpc) is 3.36. The molecule has 0 aromatic heterocycles. The zero-order valence-electron chi connectivity index (χ0n) is 45.5. The molecule has 0 rings (SSSR count). The maximum atomic E-state index is 12.3. The lowest BCUT2D eigenvalue weighted by Crippen LogP contribution is -2.28. The first-order valence-corrected chi connectivity index (χ1v) is 29.1. The SMILES string of the molecule is CC/C=C\C/C=C\C/C=C\C/C=C\C/C=C\C/C=C\C/C=C\C/C=C\CCCCCCCCCCCCCCCCCCC(=O)OC(CO)COC(=O)CCCCCCC/C=C\C/C=C\CCCCC. The quantitative estimate of drug-likeness (QED) is 0.0374. The Kier molecular flexibility index (Phi) is 56.5. The van der Waals surface area contributed by atoms with Crippen molar-refractivity contribution in [2.75, 3.05) is 13.2 Å². The molecular weight excluding hydrogens is 861 g/mol. The predicted octanol–water partition coefficient (Wildman–Crippen LogP) is 19.9. The van der Waals surface area contributed by atoms with Crippen LogP contribution >= 0.6 is 0 Å². The van der Waals surface area contributed by atoms with Gasteiger partial charge in [0.15, 0.2) is 6.10 Å². The van der Waals surface area contributed by atoms with Crippen LogP contribution in [-0.2, 0) is 19.1 Å². The standard InChI is InChI=1S/C65H108O5/c1-3-5-7-9-11-13-15-17-19-20-21-22-23-24-25-26-27-28-29-30-31-32-33-34-35-36-37-38-39-40-41-42-43-44-46-48-50-52-54-56-58-60-65(68)70-63(61-66)62-69-64(67)59-57-55-53-51-49-47-45-18-16-14-12-10-8-6-4-2/h5,7,11-14,17-19,21-22,24-25,27-28,30-31,33-34,45,63,66H,3-4,6,8-10,15-16,20,23,26,29,32,35-44,46-62H2,1-2H3/b7-5-,13-11-,14-12-,19-17-,22-21-,25-24-,28-27-,31-30-,34-33-,45-18-. The van der Waals surface area contributed by atoms with Crippen LogP contribution in [0, 0.1) is 0 Å². The highest BCUT2D eigenvalue weighted by molar-refractivity contribution is 5.70. The molecule has 0 fully saturated rings. The van der Waals surface area contributed by atoms with Gasteiger partial charge in [-0.15, -0.1) is 0 Å². The molecule has 1 N–H and O–H groups in total. The topological polar surface area (TPSA) is 72.8 Å². The lowest BCUT2D eigenvalue weighted by Gasteiger charge is -2.15. The second-order valence-electron chi connectivity index (χ2n) is 19.0. The molecule has 0 radical (unpaired) electrons. The number of carbonyl (C=O) groups is 2. The Morgan fingerprint density at radius 3 is 0.929 bits per heavy atom. The first-order chi connectivity index (χ1) is 34.6. The van der Waals surface area contributed by atoms with Crippen LogP contribution in [0.15, 0.2) is 122 Å². The maximum Gasteiger partial charge on any atom is 0.306 e. The third-order valence-corrected chi connectivity index (χ3v) is 12.2. The Bertz CT molecular complexity index is 1420. The summed E-state index contributed by atoms with van der Waals surface area (Å²) in [5.74, 6) is -0.607. The molecule has 0 aliphatic heterocycles. The van der Waals surface area contributed by atoms with Crippen molar-refractivity contribution in [1.82, 2.24) is 0 Å². The van der Waals surface area contributed by atoms with Gasteiger partial charge < -0.3 is 14.6 Å². The van der Waals surface area contributed by atoms with Crippen LogP contribution < -0.4 is 0 Å². The van der Waals surface area contributed by atoms with E-state index in [0.29, 0.717) is 12.8 Å². The van der Waals surface area contributed by atoms with Crippen molar-refractivity contribution in [2.24, 2.45) is 0 Å². The number of unbranched alkanes of at least 4 members (excludes halogenated alkanes) is 24. The third-order valence-electron chi connectivity index (χ3n) is 12.2. The zero-order valence-corrected chi connectivity index (χ0v) is 45.5. The van der Waals surface area contributed by atoms with Crippen LogP contribution in [0.25, 0.3) is 0 Å². The second kappa shape index (κ2) is 59.6. The molecule has 0 spiro atoms. The molecule has 0 saturated carbocycles. The number of aliphatic hydroxyl groups is 1. The number of esters is 2. The van der Waals surface area contributed by atoms with E-state index in [9.17, 15) is 14.7 Å². The number of aliphatic hydroxyl groups excluding tert-OH is 1. The summed E-state index contributed by atoms with van der Waals surface area (Å²) in [6.45, 7) is 3.99. The first-order valence-electron chi connectivity index (χ1n) is 29.1. The molecule has 70 heavy (non-hydrogen) atoms. The van der Waals surface area contributed by atoms with E-state index in [4.69, 9.17) is 9.47 Å². The minimum absolute atomic E-state index is 0.0762. The van der Waals surface area contributed by atoms with Crippen molar-refractivity contribution in [1.29, 1.82) is 0 Å². The molecule has 0 aliphatic rings. The lowest BCUT2D eigenvalue weighted by atomic mass is 10.0. The third kappa shape index (κ3) is 56.9. The van der Waals surface area contributed by atoms with Crippen LogP contribution in [0.4, 0.5) is 0 Å². The highest BCUT2D eigenvalue weighted by Gasteiger charge is 2.16. The number of ether oxygens (including phenoxy) is 2. The second-order valence-corrected chi connectivity index (χ2v) is 19.0. The minimum atomic E-state index is -0.783. The number of hydrogen-bond donors (Lipinski definition) is 1. The summed E-state index contributed by atoms with van der Waals surface area (Å²) in [5.41, 5.74) is 0. The normalized spacial score (nSPS) is 13.1. The number of carbonyl (C=O) groups excluding carboxylic acids is 2. The summed E-state index contributed by atoms with van der Waals surface area (Å²) in [6, 6.07) is 0. The van der Waals surface area contributed by atoms with E-state index in [2.05, 4.69) is 135 Å². The molecule has 1 unspecified atom stereocenters. The van der Waals surface area contributed by atoms with Crippen LogP contribution in [0.1, 0.15) is 258 Å². The first kappa shape index (κ1) is 66.3. The van der Waals surface area contributed by atoms with Gasteiger partial charge in [0, 0.05) is 12.8 Å². The van der Waals surface area contributed by atoms with E-state index >= 15 is 0 Å². The smallest absolute Gasteiger partial charge is 0.306 e. The monoisotopic (exact) mass is 969 g/mol. The van der Waals surface area contributed by atoms with Gasteiger partial charge in [-0.2, -0.15) is 0 Å². The maximum absolute atomic E-state index is 12.3. The summed E-state index contributed by atoms with van der Waals surface area (Å²) >= 11 is 0. The molecule has 5 nitrogen and oxygen atoms in total.